The number of pyridine rings is 1. The average Bonchev–Trinajstić information content (AvgIpc) is 2.47. The minimum Gasteiger partial charge on any atom is -0.478 e. The maximum Gasteiger partial charge on any atom is 0.335 e. The SMILES string of the molecule is CCCCC(CC)CNc1cc(C(=O)O)cc(CCC)n1. The molecule has 118 valence electrons. The van der Waals surface area contributed by atoms with E-state index >= 15 is 0 Å². The van der Waals surface area contributed by atoms with E-state index in [-0.39, 0.29) is 0 Å². The number of rotatable bonds is 10. The van der Waals surface area contributed by atoms with Crippen molar-refractivity contribution in [1.29, 1.82) is 0 Å². The van der Waals surface area contributed by atoms with Crippen LogP contribution >= 0.6 is 0 Å². The Hall–Kier alpha value is -1.58. The first kappa shape index (κ1) is 17.5. The Morgan fingerprint density at radius 3 is 2.62 bits per heavy atom. The van der Waals surface area contributed by atoms with E-state index in [0.29, 0.717) is 17.3 Å². The highest BCUT2D eigenvalue weighted by molar-refractivity contribution is 5.88. The van der Waals surface area contributed by atoms with Gasteiger partial charge in [0.25, 0.3) is 0 Å². The quantitative estimate of drug-likeness (QED) is 0.672. The summed E-state index contributed by atoms with van der Waals surface area (Å²) in [5, 5.41) is 12.5. The molecule has 0 amide bonds. The molecule has 21 heavy (non-hydrogen) atoms. The third kappa shape index (κ3) is 6.15. The van der Waals surface area contributed by atoms with Crippen molar-refractivity contribution in [1.82, 2.24) is 4.98 Å². The lowest BCUT2D eigenvalue weighted by Gasteiger charge is -2.16. The number of aromatic carboxylic acids is 1. The van der Waals surface area contributed by atoms with E-state index in [1.165, 1.54) is 19.3 Å². The Balaban J connectivity index is 2.74. The van der Waals surface area contributed by atoms with Crippen molar-refractivity contribution >= 4 is 11.8 Å². The van der Waals surface area contributed by atoms with Crippen molar-refractivity contribution in [2.24, 2.45) is 5.92 Å². The van der Waals surface area contributed by atoms with E-state index in [1.54, 1.807) is 12.1 Å². The second-order valence-electron chi connectivity index (χ2n) is 5.58. The second-order valence-corrected chi connectivity index (χ2v) is 5.58. The van der Waals surface area contributed by atoms with Gasteiger partial charge < -0.3 is 10.4 Å². The highest BCUT2D eigenvalue weighted by atomic mass is 16.4. The van der Waals surface area contributed by atoms with E-state index in [9.17, 15) is 9.90 Å². The summed E-state index contributed by atoms with van der Waals surface area (Å²) in [7, 11) is 0. The lowest BCUT2D eigenvalue weighted by molar-refractivity contribution is 0.0696. The number of anilines is 1. The number of hydrogen-bond donors (Lipinski definition) is 2. The Morgan fingerprint density at radius 1 is 1.29 bits per heavy atom. The number of carbonyl (C=O) groups is 1. The molecule has 1 rings (SSSR count). The van der Waals surface area contributed by atoms with Gasteiger partial charge in [0, 0.05) is 12.2 Å². The zero-order chi connectivity index (χ0) is 15.7. The molecule has 2 N–H and O–H groups in total. The third-order valence-corrected chi connectivity index (χ3v) is 3.75. The second kappa shape index (κ2) is 9.37. The van der Waals surface area contributed by atoms with Gasteiger partial charge in [-0.05, 0) is 30.9 Å². The van der Waals surface area contributed by atoms with Crippen LogP contribution in [0.25, 0.3) is 0 Å². The zero-order valence-electron chi connectivity index (χ0n) is 13.5. The minimum atomic E-state index is -0.893. The fourth-order valence-electron chi connectivity index (χ4n) is 2.38. The molecule has 0 aromatic carbocycles. The predicted octanol–water partition coefficient (Wildman–Crippen LogP) is 4.36. The summed E-state index contributed by atoms with van der Waals surface area (Å²) in [4.78, 5) is 15.7. The van der Waals surface area contributed by atoms with E-state index in [2.05, 4.69) is 31.1 Å². The van der Waals surface area contributed by atoms with Crippen LogP contribution in [-0.4, -0.2) is 22.6 Å². The van der Waals surface area contributed by atoms with Gasteiger partial charge in [0.1, 0.15) is 5.82 Å². The first-order valence-electron chi connectivity index (χ1n) is 8.08. The topological polar surface area (TPSA) is 62.2 Å². The summed E-state index contributed by atoms with van der Waals surface area (Å²) < 4.78 is 0. The number of aryl methyl sites for hydroxylation is 1. The molecular weight excluding hydrogens is 264 g/mol. The van der Waals surface area contributed by atoms with Gasteiger partial charge in [-0.25, -0.2) is 9.78 Å². The van der Waals surface area contributed by atoms with Gasteiger partial charge >= 0.3 is 5.97 Å². The van der Waals surface area contributed by atoms with Crippen molar-refractivity contribution in [3.63, 3.8) is 0 Å². The van der Waals surface area contributed by atoms with Gasteiger partial charge in [-0.15, -0.1) is 0 Å². The van der Waals surface area contributed by atoms with Gasteiger partial charge in [-0.3, -0.25) is 0 Å². The fourth-order valence-corrected chi connectivity index (χ4v) is 2.38. The van der Waals surface area contributed by atoms with Gasteiger partial charge in [-0.2, -0.15) is 0 Å². The summed E-state index contributed by atoms with van der Waals surface area (Å²) in [6, 6.07) is 3.30. The third-order valence-electron chi connectivity index (χ3n) is 3.75. The van der Waals surface area contributed by atoms with Crippen molar-refractivity contribution in [2.75, 3.05) is 11.9 Å². The highest BCUT2D eigenvalue weighted by Gasteiger charge is 2.10. The van der Waals surface area contributed by atoms with Crippen molar-refractivity contribution in [3.05, 3.63) is 23.4 Å². The lowest BCUT2D eigenvalue weighted by atomic mass is 9.99. The molecule has 1 aromatic heterocycles. The molecule has 1 unspecified atom stereocenters. The molecule has 4 heteroatoms. The van der Waals surface area contributed by atoms with Crippen molar-refractivity contribution < 1.29 is 9.90 Å². The van der Waals surface area contributed by atoms with E-state index < -0.39 is 5.97 Å². The Kier molecular flexibility index (Phi) is 7.80. The van der Waals surface area contributed by atoms with Gasteiger partial charge in [0.2, 0.25) is 0 Å². The Morgan fingerprint density at radius 2 is 2.05 bits per heavy atom. The number of unbranched alkanes of at least 4 members (excludes halogenated alkanes) is 1. The number of carboxylic acids is 1. The molecule has 0 spiro atoms. The van der Waals surface area contributed by atoms with Crippen LogP contribution in [0, 0.1) is 5.92 Å². The summed E-state index contributed by atoms with van der Waals surface area (Å²) >= 11 is 0. The molecule has 4 nitrogen and oxygen atoms in total. The maximum atomic E-state index is 11.2. The van der Waals surface area contributed by atoms with E-state index in [4.69, 9.17) is 0 Å². The van der Waals surface area contributed by atoms with Crippen LogP contribution in [0.2, 0.25) is 0 Å². The smallest absolute Gasteiger partial charge is 0.335 e. The largest absolute Gasteiger partial charge is 0.478 e. The molecule has 0 aliphatic rings. The summed E-state index contributed by atoms with van der Waals surface area (Å²) in [6.45, 7) is 7.33. The Labute approximate surface area is 128 Å². The molecule has 0 saturated carbocycles. The van der Waals surface area contributed by atoms with Crippen LogP contribution in [0.3, 0.4) is 0 Å². The van der Waals surface area contributed by atoms with E-state index in [0.717, 1.165) is 31.5 Å². The number of hydrogen-bond acceptors (Lipinski definition) is 3. The van der Waals surface area contributed by atoms with Crippen LogP contribution in [0.4, 0.5) is 5.82 Å². The fraction of sp³-hybridized carbons (Fsp3) is 0.647. The molecular formula is C17H28N2O2. The average molecular weight is 292 g/mol. The van der Waals surface area contributed by atoms with Crippen molar-refractivity contribution in [3.8, 4) is 0 Å². The zero-order valence-corrected chi connectivity index (χ0v) is 13.5. The summed E-state index contributed by atoms with van der Waals surface area (Å²) in [5.74, 6) is 0.416. The first-order chi connectivity index (χ1) is 10.1. The molecule has 1 aromatic rings. The molecule has 1 heterocycles. The minimum absolute atomic E-state index is 0.317. The summed E-state index contributed by atoms with van der Waals surface area (Å²) in [6.07, 6.45) is 6.56. The van der Waals surface area contributed by atoms with Crippen LogP contribution in [-0.2, 0) is 6.42 Å². The normalized spacial score (nSPS) is 12.1. The van der Waals surface area contributed by atoms with Crippen LogP contribution in [0.5, 0.6) is 0 Å². The molecule has 0 radical (unpaired) electrons. The van der Waals surface area contributed by atoms with Gasteiger partial charge in [0.15, 0.2) is 0 Å². The maximum absolute atomic E-state index is 11.2. The van der Waals surface area contributed by atoms with Crippen LogP contribution in [0.15, 0.2) is 12.1 Å². The first-order valence-corrected chi connectivity index (χ1v) is 8.08. The monoisotopic (exact) mass is 292 g/mol. The molecule has 0 saturated heterocycles. The number of nitrogens with zero attached hydrogens (tertiary/aromatic N) is 1. The van der Waals surface area contributed by atoms with Crippen molar-refractivity contribution in [2.45, 2.75) is 59.3 Å². The van der Waals surface area contributed by atoms with Crippen LogP contribution < -0.4 is 5.32 Å². The Bertz CT molecular complexity index is 446. The number of aromatic nitrogens is 1. The van der Waals surface area contributed by atoms with Gasteiger partial charge in [-0.1, -0.05) is 46.5 Å². The summed E-state index contributed by atoms with van der Waals surface area (Å²) in [5.41, 5.74) is 1.17. The molecule has 0 aliphatic heterocycles. The van der Waals surface area contributed by atoms with E-state index in [1.807, 2.05) is 0 Å². The molecule has 0 bridgehead atoms. The molecule has 0 fully saturated rings. The van der Waals surface area contributed by atoms with Gasteiger partial charge in [0.05, 0.1) is 5.56 Å². The molecule has 1 atom stereocenters. The van der Waals surface area contributed by atoms with Crippen LogP contribution in [0.1, 0.15) is 68.9 Å². The number of carboxylic acid groups (broad SMARTS) is 1. The lowest BCUT2D eigenvalue weighted by Crippen LogP contribution is -2.15. The molecule has 0 aliphatic carbocycles. The predicted molar refractivity (Wildman–Crippen MR) is 87.0 cm³/mol. The standard InChI is InChI=1S/C17H28N2O2/c1-4-7-9-13(6-3)12-18-16-11-14(17(20)21)10-15(19-16)8-5-2/h10-11,13H,4-9,12H2,1-3H3,(H,18,19)(H,20,21). The number of nitrogens with one attached hydrogen (secondary N) is 1. The highest BCUT2D eigenvalue weighted by Crippen LogP contribution is 2.16.